The van der Waals surface area contributed by atoms with E-state index >= 15 is 0 Å². The molecule has 0 saturated carbocycles. The van der Waals surface area contributed by atoms with E-state index in [9.17, 15) is 9.59 Å². The van der Waals surface area contributed by atoms with Crippen LogP contribution in [0.2, 0.25) is 0 Å². The highest BCUT2D eigenvalue weighted by atomic mass is 32.1. The molecule has 29 heavy (non-hydrogen) atoms. The Bertz CT molecular complexity index is 1040. The summed E-state index contributed by atoms with van der Waals surface area (Å²) >= 11 is 1.47. The molecular formula is C23H21N3O2S. The van der Waals surface area contributed by atoms with Crippen LogP contribution in [-0.2, 0) is 4.79 Å². The number of benzene rings is 2. The molecule has 0 radical (unpaired) electrons. The second-order valence-electron chi connectivity index (χ2n) is 6.40. The van der Waals surface area contributed by atoms with Crippen molar-refractivity contribution in [3.8, 4) is 0 Å². The minimum absolute atomic E-state index is 0.127. The van der Waals surface area contributed by atoms with Crippen LogP contribution >= 0.6 is 11.3 Å². The standard InChI is InChI=1S/C23H21N3O2S/c1-16-10-12-18(13-11-16)17(2)25-26-23(28)21(15-20-9-6-14-29-20)24-22(27)19-7-4-3-5-8-19/h3-15H,1-2H3,(H,24,27)(H,26,28)/b21-15+,25-17+. The summed E-state index contributed by atoms with van der Waals surface area (Å²) in [4.78, 5) is 26.1. The Hall–Kier alpha value is -3.51. The van der Waals surface area contributed by atoms with E-state index in [0.717, 1.165) is 16.0 Å². The lowest BCUT2D eigenvalue weighted by atomic mass is 10.1. The molecule has 0 aliphatic heterocycles. The lowest BCUT2D eigenvalue weighted by molar-refractivity contribution is -0.117. The molecule has 2 amide bonds. The van der Waals surface area contributed by atoms with Gasteiger partial charge in [0, 0.05) is 10.4 Å². The highest BCUT2D eigenvalue weighted by Gasteiger charge is 2.14. The van der Waals surface area contributed by atoms with Gasteiger partial charge in [-0.05, 0) is 49.1 Å². The monoisotopic (exact) mass is 403 g/mol. The smallest absolute Gasteiger partial charge is 0.287 e. The van der Waals surface area contributed by atoms with Crippen LogP contribution < -0.4 is 10.7 Å². The van der Waals surface area contributed by atoms with Crippen LogP contribution in [0.4, 0.5) is 0 Å². The summed E-state index contributed by atoms with van der Waals surface area (Å²) in [6.07, 6.45) is 1.64. The fourth-order valence-electron chi connectivity index (χ4n) is 2.51. The van der Waals surface area contributed by atoms with Crippen molar-refractivity contribution in [2.45, 2.75) is 13.8 Å². The molecule has 1 aromatic heterocycles. The molecule has 0 unspecified atom stereocenters. The minimum Gasteiger partial charge on any atom is -0.317 e. The van der Waals surface area contributed by atoms with E-state index in [-0.39, 0.29) is 11.6 Å². The van der Waals surface area contributed by atoms with Gasteiger partial charge in [-0.15, -0.1) is 11.3 Å². The normalized spacial score (nSPS) is 11.8. The number of carbonyl (C=O) groups excluding carboxylic acids is 2. The van der Waals surface area contributed by atoms with E-state index in [1.165, 1.54) is 11.3 Å². The Balaban J connectivity index is 1.78. The molecule has 0 spiro atoms. The Kier molecular flexibility index (Phi) is 6.71. The molecule has 3 aromatic rings. The van der Waals surface area contributed by atoms with Gasteiger partial charge in [-0.1, -0.05) is 54.1 Å². The van der Waals surface area contributed by atoms with Gasteiger partial charge in [-0.2, -0.15) is 5.10 Å². The highest BCUT2D eigenvalue weighted by molar-refractivity contribution is 7.10. The fraction of sp³-hybridized carbons (Fsp3) is 0.0870. The molecule has 0 atom stereocenters. The molecule has 0 saturated heterocycles. The van der Waals surface area contributed by atoms with Crippen LogP contribution in [0.5, 0.6) is 0 Å². The molecule has 0 aliphatic rings. The van der Waals surface area contributed by atoms with Crippen molar-refractivity contribution in [1.29, 1.82) is 0 Å². The molecule has 5 nitrogen and oxygen atoms in total. The number of nitrogens with one attached hydrogen (secondary N) is 2. The van der Waals surface area contributed by atoms with E-state index in [1.54, 1.807) is 30.3 Å². The van der Waals surface area contributed by atoms with Crippen molar-refractivity contribution in [2.24, 2.45) is 5.10 Å². The van der Waals surface area contributed by atoms with Crippen LogP contribution in [0.15, 0.2) is 82.9 Å². The van der Waals surface area contributed by atoms with Crippen molar-refractivity contribution in [3.63, 3.8) is 0 Å². The van der Waals surface area contributed by atoms with Crippen molar-refractivity contribution in [1.82, 2.24) is 10.7 Å². The summed E-state index contributed by atoms with van der Waals surface area (Å²) in [5.41, 5.74) is 5.86. The minimum atomic E-state index is -0.492. The van der Waals surface area contributed by atoms with Crippen LogP contribution in [0.25, 0.3) is 6.08 Å². The maximum absolute atomic E-state index is 12.7. The second-order valence-corrected chi connectivity index (χ2v) is 7.38. The molecule has 2 N–H and O–H groups in total. The zero-order valence-corrected chi connectivity index (χ0v) is 17.0. The number of nitrogens with zero attached hydrogens (tertiary/aromatic N) is 1. The molecule has 146 valence electrons. The Morgan fingerprint density at radius 3 is 2.31 bits per heavy atom. The lowest BCUT2D eigenvalue weighted by Gasteiger charge is -2.09. The first kappa shape index (κ1) is 20.2. The highest BCUT2D eigenvalue weighted by Crippen LogP contribution is 2.13. The zero-order valence-electron chi connectivity index (χ0n) is 16.2. The summed E-state index contributed by atoms with van der Waals surface area (Å²) in [6, 6.07) is 20.4. The van der Waals surface area contributed by atoms with Crippen LogP contribution in [0.1, 0.15) is 33.3 Å². The van der Waals surface area contributed by atoms with Gasteiger partial charge in [0.05, 0.1) is 5.71 Å². The van der Waals surface area contributed by atoms with E-state index < -0.39 is 5.91 Å². The van der Waals surface area contributed by atoms with Crippen LogP contribution in [-0.4, -0.2) is 17.5 Å². The van der Waals surface area contributed by atoms with Crippen LogP contribution in [0.3, 0.4) is 0 Å². The van der Waals surface area contributed by atoms with Gasteiger partial charge >= 0.3 is 0 Å². The quantitative estimate of drug-likeness (QED) is 0.365. The summed E-state index contributed by atoms with van der Waals surface area (Å²) in [6.45, 7) is 3.82. The predicted molar refractivity (Wildman–Crippen MR) is 118 cm³/mol. The molecule has 0 fully saturated rings. The van der Waals surface area contributed by atoms with Gasteiger partial charge in [0.15, 0.2) is 0 Å². The van der Waals surface area contributed by atoms with E-state index in [4.69, 9.17) is 0 Å². The Labute approximate surface area is 173 Å². The summed E-state index contributed by atoms with van der Waals surface area (Å²) in [7, 11) is 0. The number of hydrogen-bond acceptors (Lipinski definition) is 4. The van der Waals surface area contributed by atoms with Gasteiger partial charge in [-0.3, -0.25) is 9.59 Å². The van der Waals surface area contributed by atoms with Crippen LogP contribution in [0, 0.1) is 6.92 Å². The fourth-order valence-corrected chi connectivity index (χ4v) is 3.17. The van der Waals surface area contributed by atoms with E-state index in [1.807, 2.05) is 61.7 Å². The number of hydrogen-bond donors (Lipinski definition) is 2. The first-order chi connectivity index (χ1) is 14.0. The van der Waals surface area contributed by atoms with Gasteiger partial charge < -0.3 is 5.32 Å². The number of rotatable bonds is 6. The van der Waals surface area contributed by atoms with Gasteiger partial charge in [-0.25, -0.2) is 5.43 Å². The second kappa shape index (κ2) is 9.61. The van der Waals surface area contributed by atoms with Gasteiger partial charge in [0.1, 0.15) is 5.70 Å². The molecular weight excluding hydrogens is 382 g/mol. The first-order valence-corrected chi connectivity index (χ1v) is 9.94. The Morgan fingerprint density at radius 2 is 1.66 bits per heavy atom. The van der Waals surface area contributed by atoms with Crippen molar-refractivity contribution in [2.75, 3.05) is 0 Å². The van der Waals surface area contributed by atoms with Crippen molar-refractivity contribution < 1.29 is 9.59 Å². The SMILES string of the molecule is C/C(=N\NC(=O)/C(=C\c1cccs1)NC(=O)c1ccccc1)c1ccc(C)cc1. The van der Waals surface area contributed by atoms with Gasteiger partial charge in [0.25, 0.3) is 11.8 Å². The number of thiophene rings is 1. The molecule has 0 aliphatic carbocycles. The van der Waals surface area contributed by atoms with Crippen molar-refractivity contribution in [3.05, 3.63) is 99.4 Å². The average Bonchev–Trinajstić information content (AvgIpc) is 3.25. The maximum Gasteiger partial charge on any atom is 0.287 e. The predicted octanol–water partition coefficient (Wildman–Crippen LogP) is 4.37. The number of hydrazone groups is 1. The number of amides is 2. The number of carbonyl (C=O) groups is 2. The molecule has 0 bridgehead atoms. The summed E-state index contributed by atoms with van der Waals surface area (Å²) in [5.74, 6) is -0.850. The molecule has 3 rings (SSSR count). The third kappa shape index (κ3) is 5.73. The molecule has 2 aromatic carbocycles. The van der Waals surface area contributed by atoms with E-state index in [0.29, 0.717) is 11.3 Å². The Morgan fingerprint density at radius 1 is 0.931 bits per heavy atom. The molecule has 6 heteroatoms. The average molecular weight is 404 g/mol. The topological polar surface area (TPSA) is 70.6 Å². The third-order valence-electron chi connectivity index (χ3n) is 4.15. The number of aryl methyl sites for hydroxylation is 1. The summed E-state index contributed by atoms with van der Waals surface area (Å²) in [5, 5.41) is 8.78. The molecule has 1 heterocycles. The third-order valence-corrected chi connectivity index (χ3v) is 4.97. The first-order valence-electron chi connectivity index (χ1n) is 9.06. The maximum atomic E-state index is 12.7. The zero-order chi connectivity index (χ0) is 20.6. The largest absolute Gasteiger partial charge is 0.317 e. The lowest BCUT2D eigenvalue weighted by Crippen LogP contribution is -2.33. The van der Waals surface area contributed by atoms with Crippen molar-refractivity contribution >= 4 is 34.9 Å². The van der Waals surface area contributed by atoms with E-state index in [2.05, 4.69) is 15.8 Å². The summed E-state index contributed by atoms with van der Waals surface area (Å²) < 4.78 is 0. The van der Waals surface area contributed by atoms with Gasteiger partial charge in [0.2, 0.25) is 0 Å².